The molecule has 2 heterocycles. The Morgan fingerprint density at radius 1 is 1.14 bits per heavy atom. The maximum Gasteiger partial charge on any atom is 0.502 e. The first-order chi connectivity index (χ1) is 9.86. The van der Waals surface area contributed by atoms with E-state index in [1.54, 1.807) is 13.4 Å². The van der Waals surface area contributed by atoms with Crippen molar-refractivity contribution in [3.63, 3.8) is 0 Å². The van der Waals surface area contributed by atoms with Crippen LogP contribution in [0.5, 0.6) is 5.88 Å². The van der Waals surface area contributed by atoms with Gasteiger partial charge in [0.1, 0.15) is 6.33 Å². The van der Waals surface area contributed by atoms with Gasteiger partial charge >= 0.3 is 7.12 Å². The fourth-order valence-corrected chi connectivity index (χ4v) is 2.74. The third-order valence-electron chi connectivity index (χ3n) is 5.05. The van der Waals surface area contributed by atoms with Crippen LogP contribution in [0.1, 0.15) is 58.6 Å². The van der Waals surface area contributed by atoms with Gasteiger partial charge in [0.2, 0.25) is 5.88 Å². The van der Waals surface area contributed by atoms with Crippen molar-refractivity contribution in [3.8, 4) is 5.88 Å². The Kier molecular flexibility index (Phi) is 3.49. The molecule has 0 bridgehead atoms. The molecule has 1 saturated heterocycles. The highest BCUT2D eigenvalue weighted by Gasteiger charge is 2.54. The van der Waals surface area contributed by atoms with Crippen molar-refractivity contribution in [2.24, 2.45) is 0 Å². The molecule has 1 aromatic rings. The van der Waals surface area contributed by atoms with Crippen molar-refractivity contribution in [2.75, 3.05) is 7.11 Å². The van der Waals surface area contributed by atoms with Crippen LogP contribution in [0.4, 0.5) is 0 Å². The molecule has 0 unspecified atom stereocenters. The molecule has 0 amide bonds. The van der Waals surface area contributed by atoms with E-state index in [-0.39, 0.29) is 11.2 Å². The zero-order valence-electron chi connectivity index (χ0n) is 13.5. The highest BCUT2D eigenvalue weighted by molar-refractivity contribution is 6.63. The standard InChI is InChI=1S/C15H23BN2O3/c1-14(2)15(3,4)21-16(20-14)11-12(10-7-6-8-10)17-9-18-13(11)19-5/h9-10H,6-8H2,1-5H3. The Bertz CT molecular complexity index is 528. The topological polar surface area (TPSA) is 53.5 Å². The van der Waals surface area contributed by atoms with E-state index in [1.165, 1.54) is 6.42 Å². The largest absolute Gasteiger partial charge is 0.502 e. The number of hydrogen-bond donors (Lipinski definition) is 0. The first-order valence-corrected chi connectivity index (χ1v) is 7.60. The van der Waals surface area contributed by atoms with Crippen molar-refractivity contribution in [2.45, 2.75) is 64.1 Å². The molecule has 114 valence electrons. The maximum atomic E-state index is 6.17. The molecule has 5 nitrogen and oxygen atoms in total. The van der Waals surface area contributed by atoms with E-state index in [0.717, 1.165) is 24.0 Å². The van der Waals surface area contributed by atoms with Gasteiger partial charge in [-0.2, -0.15) is 0 Å². The third-order valence-corrected chi connectivity index (χ3v) is 5.05. The van der Waals surface area contributed by atoms with Gasteiger partial charge in [-0.05, 0) is 40.5 Å². The zero-order chi connectivity index (χ0) is 15.3. The summed E-state index contributed by atoms with van der Waals surface area (Å²) < 4.78 is 17.8. The lowest BCUT2D eigenvalue weighted by molar-refractivity contribution is 0.00578. The van der Waals surface area contributed by atoms with E-state index in [0.29, 0.717) is 11.8 Å². The van der Waals surface area contributed by atoms with Gasteiger partial charge < -0.3 is 14.0 Å². The molecule has 1 aromatic heterocycles. The molecule has 6 heteroatoms. The molecule has 2 fully saturated rings. The SMILES string of the molecule is COc1ncnc(C2CCC2)c1B1OC(C)(C)C(C)(C)O1. The maximum absolute atomic E-state index is 6.17. The van der Waals surface area contributed by atoms with Gasteiger partial charge in [-0.25, -0.2) is 9.97 Å². The second kappa shape index (κ2) is 4.95. The van der Waals surface area contributed by atoms with Gasteiger partial charge in [0.15, 0.2) is 0 Å². The molecule has 0 atom stereocenters. The summed E-state index contributed by atoms with van der Waals surface area (Å²) in [6.07, 6.45) is 5.14. The fraction of sp³-hybridized carbons (Fsp3) is 0.733. The van der Waals surface area contributed by atoms with Crippen LogP contribution >= 0.6 is 0 Å². The molecule has 0 radical (unpaired) electrons. The minimum Gasteiger partial charge on any atom is -0.481 e. The molecule has 1 saturated carbocycles. The van der Waals surface area contributed by atoms with Crippen LogP contribution in [0, 0.1) is 0 Å². The summed E-state index contributed by atoms with van der Waals surface area (Å²) in [4.78, 5) is 8.74. The van der Waals surface area contributed by atoms with Gasteiger partial charge in [0, 0.05) is 5.92 Å². The lowest BCUT2D eigenvalue weighted by Gasteiger charge is -2.32. The molecule has 1 aliphatic carbocycles. The molecule has 0 spiro atoms. The molecule has 0 N–H and O–H groups in total. The predicted molar refractivity (Wildman–Crippen MR) is 80.9 cm³/mol. The van der Waals surface area contributed by atoms with E-state index >= 15 is 0 Å². The van der Waals surface area contributed by atoms with Crippen LogP contribution in [0.15, 0.2) is 6.33 Å². The summed E-state index contributed by atoms with van der Waals surface area (Å²) in [6, 6.07) is 0. The van der Waals surface area contributed by atoms with Crippen LogP contribution in [0.2, 0.25) is 0 Å². The number of rotatable bonds is 3. The Balaban J connectivity index is 2.01. The fourth-order valence-electron chi connectivity index (χ4n) is 2.74. The van der Waals surface area contributed by atoms with Crippen molar-refractivity contribution in [3.05, 3.63) is 12.0 Å². The Morgan fingerprint density at radius 2 is 1.76 bits per heavy atom. The monoisotopic (exact) mass is 290 g/mol. The summed E-state index contributed by atoms with van der Waals surface area (Å²) in [7, 11) is 1.16. The summed E-state index contributed by atoms with van der Waals surface area (Å²) in [5.74, 6) is 1.03. The number of aromatic nitrogens is 2. The number of nitrogens with zero attached hydrogens (tertiary/aromatic N) is 2. The van der Waals surface area contributed by atoms with Gasteiger partial charge in [0.05, 0.1) is 29.5 Å². The smallest absolute Gasteiger partial charge is 0.481 e. The first-order valence-electron chi connectivity index (χ1n) is 7.60. The highest BCUT2D eigenvalue weighted by Crippen LogP contribution is 2.40. The summed E-state index contributed by atoms with van der Waals surface area (Å²) in [6.45, 7) is 8.19. The summed E-state index contributed by atoms with van der Waals surface area (Å²) in [5, 5.41) is 0. The third kappa shape index (κ3) is 2.34. The average Bonchev–Trinajstić information content (AvgIpc) is 2.55. The Morgan fingerprint density at radius 3 is 2.24 bits per heavy atom. The lowest BCUT2D eigenvalue weighted by atomic mass is 9.71. The zero-order valence-corrected chi connectivity index (χ0v) is 13.5. The van der Waals surface area contributed by atoms with Crippen molar-refractivity contribution in [1.29, 1.82) is 0 Å². The van der Waals surface area contributed by atoms with Gasteiger partial charge in [0.25, 0.3) is 0 Å². The average molecular weight is 290 g/mol. The van der Waals surface area contributed by atoms with Crippen LogP contribution in [0.3, 0.4) is 0 Å². The Labute approximate surface area is 126 Å². The minimum absolute atomic E-state index is 0.380. The molecular formula is C15H23BN2O3. The Hall–Kier alpha value is -1.14. The molecule has 3 rings (SSSR count). The quantitative estimate of drug-likeness (QED) is 0.797. The van der Waals surface area contributed by atoms with Crippen molar-refractivity contribution < 1.29 is 14.0 Å². The van der Waals surface area contributed by atoms with Gasteiger partial charge in [-0.15, -0.1) is 0 Å². The van der Waals surface area contributed by atoms with E-state index in [4.69, 9.17) is 14.0 Å². The normalized spacial score (nSPS) is 24.0. The molecule has 0 aromatic carbocycles. The second-order valence-electron chi connectivity index (χ2n) is 6.90. The molecule has 1 aliphatic heterocycles. The van der Waals surface area contributed by atoms with Crippen LogP contribution < -0.4 is 10.2 Å². The predicted octanol–water partition coefficient (Wildman–Crippen LogP) is 2.05. The van der Waals surface area contributed by atoms with Crippen molar-refractivity contribution >= 4 is 12.6 Å². The van der Waals surface area contributed by atoms with Gasteiger partial charge in [-0.1, -0.05) is 6.42 Å². The number of methoxy groups -OCH3 is 1. The van der Waals surface area contributed by atoms with E-state index < -0.39 is 7.12 Å². The van der Waals surface area contributed by atoms with Crippen LogP contribution in [0.25, 0.3) is 0 Å². The van der Waals surface area contributed by atoms with Gasteiger partial charge in [-0.3, -0.25) is 0 Å². The van der Waals surface area contributed by atoms with E-state index in [9.17, 15) is 0 Å². The number of hydrogen-bond acceptors (Lipinski definition) is 5. The van der Waals surface area contributed by atoms with E-state index in [1.807, 2.05) is 27.7 Å². The molecule has 21 heavy (non-hydrogen) atoms. The highest BCUT2D eigenvalue weighted by atomic mass is 16.7. The molecular weight excluding hydrogens is 267 g/mol. The second-order valence-corrected chi connectivity index (χ2v) is 6.90. The van der Waals surface area contributed by atoms with E-state index in [2.05, 4.69) is 9.97 Å². The lowest BCUT2D eigenvalue weighted by Crippen LogP contribution is -2.41. The summed E-state index contributed by atoms with van der Waals surface area (Å²) in [5.41, 5.74) is 1.13. The molecule has 2 aliphatic rings. The summed E-state index contributed by atoms with van der Waals surface area (Å²) >= 11 is 0. The van der Waals surface area contributed by atoms with Crippen LogP contribution in [-0.4, -0.2) is 35.4 Å². The van der Waals surface area contributed by atoms with Crippen LogP contribution in [-0.2, 0) is 9.31 Å². The van der Waals surface area contributed by atoms with Crippen molar-refractivity contribution in [1.82, 2.24) is 9.97 Å². The first kappa shape index (κ1) is 14.8. The minimum atomic E-state index is -0.471. The number of ether oxygens (including phenoxy) is 1.